The lowest BCUT2D eigenvalue weighted by molar-refractivity contribution is 0.0696. The quantitative estimate of drug-likeness (QED) is 0.778. The van der Waals surface area contributed by atoms with Crippen LogP contribution in [0.5, 0.6) is 0 Å². The highest BCUT2D eigenvalue weighted by molar-refractivity contribution is 6.31. The molecule has 1 N–H and O–H groups in total. The fourth-order valence-electron chi connectivity index (χ4n) is 2.96. The lowest BCUT2D eigenvalue weighted by Crippen LogP contribution is -2.06. The summed E-state index contributed by atoms with van der Waals surface area (Å²) in [6, 6.07) is 9.70. The molecule has 0 amide bonds. The molecule has 2 aromatic rings. The first-order valence-electron chi connectivity index (χ1n) is 7.95. The van der Waals surface area contributed by atoms with Gasteiger partial charge in [-0.05, 0) is 78.6 Å². The minimum absolute atomic E-state index is 0.304. The molecule has 1 atom stereocenters. The average Bonchev–Trinajstić information content (AvgIpc) is 2.51. The van der Waals surface area contributed by atoms with Gasteiger partial charge in [0.25, 0.3) is 0 Å². The molecule has 3 heteroatoms. The topological polar surface area (TPSA) is 37.3 Å². The van der Waals surface area contributed by atoms with Crippen molar-refractivity contribution >= 4 is 17.6 Å². The van der Waals surface area contributed by atoms with E-state index in [0.717, 1.165) is 34.6 Å². The SMILES string of the molecule is CCc1cc(C(=O)O)cc(CC(C)c2ccc(Cl)c(C)c2)c1C. The monoisotopic (exact) mass is 330 g/mol. The maximum Gasteiger partial charge on any atom is 0.335 e. The third-order valence-electron chi connectivity index (χ3n) is 4.53. The summed E-state index contributed by atoms with van der Waals surface area (Å²) in [5.74, 6) is -0.561. The normalized spacial score (nSPS) is 12.2. The van der Waals surface area contributed by atoms with Crippen molar-refractivity contribution in [2.24, 2.45) is 0 Å². The van der Waals surface area contributed by atoms with Crippen LogP contribution in [0.2, 0.25) is 5.02 Å². The van der Waals surface area contributed by atoms with Crippen molar-refractivity contribution in [2.75, 3.05) is 0 Å². The van der Waals surface area contributed by atoms with Crippen LogP contribution in [-0.2, 0) is 12.8 Å². The van der Waals surface area contributed by atoms with Gasteiger partial charge in [0.15, 0.2) is 0 Å². The number of aromatic carboxylic acids is 1. The van der Waals surface area contributed by atoms with E-state index in [-0.39, 0.29) is 0 Å². The molecule has 0 spiro atoms. The molecule has 0 aliphatic heterocycles. The number of carboxylic acids is 1. The Morgan fingerprint density at radius 2 is 1.83 bits per heavy atom. The number of aryl methyl sites for hydroxylation is 2. The maximum absolute atomic E-state index is 11.4. The molecule has 2 rings (SSSR count). The van der Waals surface area contributed by atoms with Crippen LogP contribution < -0.4 is 0 Å². The second-order valence-corrected chi connectivity index (χ2v) is 6.60. The van der Waals surface area contributed by atoms with Crippen molar-refractivity contribution in [3.8, 4) is 0 Å². The minimum Gasteiger partial charge on any atom is -0.478 e. The molecule has 0 fully saturated rings. The Bertz CT molecular complexity index is 735. The van der Waals surface area contributed by atoms with E-state index in [2.05, 4.69) is 32.9 Å². The molecule has 0 bridgehead atoms. The largest absolute Gasteiger partial charge is 0.478 e. The highest BCUT2D eigenvalue weighted by Crippen LogP contribution is 2.27. The van der Waals surface area contributed by atoms with Gasteiger partial charge in [-0.25, -0.2) is 4.79 Å². The van der Waals surface area contributed by atoms with Gasteiger partial charge in [-0.15, -0.1) is 0 Å². The second-order valence-electron chi connectivity index (χ2n) is 6.19. The van der Waals surface area contributed by atoms with Crippen LogP contribution in [-0.4, -0.2) is 11.1 Å². The molecule has 0 saturated heterocycles. The van der Waals surface area contributed by atoms with Gasteiger partial charge in [0.1, 0.15) is 0 Å². The zero-order valence-electron chi connectivity index (χ0n) is 14.1. The highest BCUT2D eigenvalue weighted by atomic mass is 35.5. The van der Waals surface area contributed by atoms with E-state index in [0.29, 0.717) is 11.5 Å². The van der Waals surface area contributed by atoms with Gasteiger partial charge in [0.05, 0.1) is 5.56 Å². The zero-order chi connectivity index (χ0) is 17.1. The van der Waals surface area contributed by atoms with Crippen molar-refractivity contribution < 1.29 is 9.90 Å². The fourth-order valence-corrected chi connectivity index (χ4v) is 3.08. The van der Waals surface area contributed by atoms with E-state index >= 15 is 0 Å². The second kappa shape index (κ2) is 7.18. The van der Waals surface area contributed by atoms with E-state index in [1.807, 2.05) is 19.1 Å². The molecule has 23 heavy (non-hydrogen) atoms. The summed E-state index contributed by atoms with van der Waals surface area (Å²) in [5.41, 5.74) is 6.10. The Balaban J connectivity index is 2.36. The van der Waals surface area contributed by atoms with Gasteiger partial charge >= 0.3 is 5.97 Å². The molecule has 2 nitrogen and oxygen atoms in total. The van der Waals surface area contributed by atoms with E-state index in [9.17, 15) is 9.90 Å². The van der Waals surface area contributed by atoms with Crippen molar-refractivity contribution in [2.45, 2.75) is 46.5 Å². The lowest BCUT2D eigenvalue weighted by Gasteiger charge is -2.17. The fraction of sp³-hybridized carbons (Fsp3) is 0.350. The molecular formula is C20H23ClO2. The van der Waals surface area contributed by atoms with Crippen molar-refractivity contribution in [1.82, 2.24) is 0 Å². The number of hydrogen-bond donors (Lipinski definition) is 1. The van der Waals surface area contributed by atoms with Gasteiger partial charge < -0.3 is 5.11 Å². The van der Waals surface area contributed by atoms with E-state index in [1.165, 1.54) is 11.1 Å². The number of benzene rings is 2. The molecule has 0 saturated carbocycles. The number of rotatable bonds is 5. The summed E-state index contributed by atoms with van der Waals surface area (Å²) in [6.45, 7) is 8.31. The van der Waals surface area contributed by atoms with Crippen molar-refractivity contribution in [1.29, 1.82) is 0 Å². The van der Waals surface area contributed by atoms with Crippen LogP contribution >= 0.6 is 11.6 Å². The van der Waals surface area contributed by atoms with Crippen LogP contribution in [0.3, 0.4) is 0 Å². The van der Waals surface area contributed by atoms with Gasteiger partial charge in [0.2, 0.25) is 0 Å². The van der Waals surface area contributed by atoms with Crippen LogP contribution in [0, 0.1) is 13.8 Å². The number of hydrogen-bond acceptors (Lipinski definition) is 1. The molecule has 0 aromatic heterocycles. The Morgan fingerprint density at radius 3 is 2.39 bits per heavy atom. The van der Waals surface area contributed by atoms with Crippen LogP contribution in [0.4, 0.5) is 0 Å². The summed E-state index contributed by atoms with van der Waals surface area (Å²) in [7, 11) is 0. The summed E-state index contributed by atoms with van der Waals surface area (Å²) in [4.78, 5) is 11.4. The van der Waals surface area contributed by atoms with Crippen LogP contribution in [0.1, 0.15) is 57.9 Å². The number of halogens is 1. The first-order valence-corrected chi connectivity index (χ1v) is 8.33. The molecule has 1 unspecified atom stereocenters. The summed E-state index contributed by atoms with van der Waals surface area (Å²) in [6.07, 6.45) is 1.66. The molecule has 0 aliphatic carbocycles. The molecular weight excluding hydrogens is 308 g/mol. The maximum atomic E-state index is 11.4. The van der Waals surface area contributed by atoms with Gasteiger partial charge in [-0.2, -0.15) is 0 Å². The lowest BCUT2D eigenvalue weighted by atomic mass is 9.88. The average molecular weight is 331 g/mol. The smallest absolute Gasteiger partial charge is 0.335 e. The molecule has 2 aromatic carbocycles. The summed E-state index contributed by atoms with van der Waals surface area (Å²) in [5, 5.41) is 10.1. The summed E-state index contributed by atoms with van der Waals surface area (Å²) < 4.78 is 0. The van der Waals surface area contributed by atoms with Gasteiger partial charge in [-0.3, -0.25) is 0 Å². The Hall–Kier alpha value is -1.80. The first kappa shape index (κ1) is 17.6. The van der Waals surface area contributed by atoms with Crippen molar-refractivity contribution in [3.05, 3.63) is 68.7 Å². The Kier molecular flexibility index (Phi) is 5.48. The molecule has 0 heterocycles. The Morgan fingerprint density at radius 1 is 1.17 bits per heavy atom. The van der Waals surface area contributed by atoms with E-state index < -0.39 is 5.97 Å². The minimum atomic E-state index is -0.865. The molecule has 0 radical (unpaired) electrons. The highest BCUT2D eigenvalue weighted by Gasteiger charge is 2.14. The van der Waals surface area contributed by atoms with E-state index in [1.54, 1.807) is 6.07 Å². The van der Waals surface area contributed by atoms with Crippen molar-refractivity contribution in [3.63, 3.8) is 0 Å². The third-order valence-corrected chi connectivity index (χ3v) is 4.95. The zero-order valence-corrected chi connectivity index (χ0v) is 14.9. The van der Waals surface area contributed by atoms with E-state index in [4.69, 9.17) is 11.6 Å². The Labute approximate surface area is 143 Å². The number of carbonyl (C=O) groups is 1. The molecule has 0 aliphatic rings. The summed E-state index contributed by atoms with van der Waals surface area (Å²) >= 11 is 6.10. The number of carboxylic acid groups (broad SMARTS) is 1. The predicted molar refractivity (Wildman–Crippen MR) is 95.8 cm³/mol. The van der Waals surface area contributed by atoms with Crippen LogP contribution in [0.25, 0.3) is 0 Å². The standard InChI is InChI=1S/C20H23ClO2/c1-5-15-10-18(20(22)23)11-17(14(15)4)8-12(2)16-6-7-19(21)13(3)9-16/h6-7,9-12H,5,8H2,1-4H3,(H,22,23). The molecule has 122 valence electrons. The predicted octanol–water partition coefficient (Wildman–Crippen LogP) is 5.56. The first-order chi connectivity index (χ1) is 10.8. The van der Waals surface area contributed by atoms with Gasteiger partial charge in [-0.1, -0.05) is 37.6 Å². The van der Waals surface area contributed by atoms with Crippen LogP contribution in [0.15, 0.2) is 30.3 Å². The van der Waals surface area contributed by atoms with Gasteiger partial charge in [0, 0.05) is 5.02 Å². The third kappa shape index (κ3) is 3.94.